The number of amides is 3. The molecule has 2 bridgehead atoms. The Morgan fingerprint density at radius 1 is 1.26 bits per heavy atom. The summed E-state index contributed by atoms with van der Waals surface area (Å²) in [5.41, 5.74) is 1.40. The number of fused-ring (bicyclic) bond motifs is 2. The van der Waals surface area contributed by atoms with Gasteiger partial charge in [0.05, 0.1) is 23.2 Å². The number of benzene rings is 1. The third-order valence-corrected chi connectivity index (χ3v) is 8.37. The molecule has 3 amide bonds. The minimum atomic E-state index is -0.313. The Bertz CT molecular complexity index is 1110. The summed E-state index contributed by atoms with van der Waals surface area (Å²) in [6, 6.07) is 4.87. The first-order valence-corrected chi connectivity index (χ1v) is 13.4. The van der Waals surface area contributed by atoms with Gasteiger partial charge in [0.25, 0.3) is 5.91 Å². The fourth-order valence-corrected chi connectivity index (χ4v) is 6.80. The maximum absolute atomic E-state index is 13.4. The molecule has 1 aromatic carbocycles. The van der Waals surface area contributed by atoms with Crippen molar-refractivity contribution in [1.82, 2.24) is 14.8 Å². The Kier molecular flexibility index (Phi) is 7.67. The van der Waals surface area contributed by atoms with Gasteiger partial charge in [-0.2, -0.15) is 0 Å². The number of rotatable bonds is 7. The van der Waals surface area contributed by atoms with Crippen molar-refractivity contribution in [2.45, 2.75) is 52.6 Å². The van der Waals surface area contributed by atoms with Crippen molar-refractivity contribution in [3.8, 4) is 0 Å². The van der Waals surface area contributed by atoms with E-state index in [1.807, 2.05) is 4.90 Å². The number of nitrogens with zero attached hydrogens (tertiary/aromatic N) is 3. The quantitative estimate of drug-likeness (QED) is 0.457. The van der Waals surface area contributed by atoms with Crippen LogP contribution in [0.2, 0.25) is 10.0 Å². The van der Waals surface area contributed by atoms with Gasteiger partial charge < -0.3 is 19.9 Å². The van der Waals surface area contributed by atoms with Gasteiger partial charge in [-0.3, -0.25) is 4.79 Å². The number of likely N-dealkylation sites (tertiary alicyclic amines) is 1. The Labute approximate surface area is 220 Å². The monoisotopic (exact) mass is 538 g/mol. The van der Waals surface area contributed by atoms with Gasteiger partial charge in [-0.05, 0) is 48.3 Å². The van der Waals surface area contributed by atoms with E-state index in [0.29, 0.717) is 39.6 Å². The number of halogens is 2. The SMILES string of the molecule is COCCN(Cc1nc(C(=O)N2CC3(C)CC2CC(C)(C)C3)cs1)C(=O)Nc1ccc(Cl)c(Cl)c1. The molecule has 2 aliphatic rings. The molecule has 2 unspecified atom stereocenters. The second kappa shape index (κ2) is 10.2. The molecular formula is C25H32Cl2N4O3S. The Morgan fingerprint density at radius 3 is 2.74 bits per heavy atom. The summed E-state index contributed by atoms with van der Waals surface area (Å²) in [4.78, 5) is 34.6. The van der Waals surface area contributed by atoms with Crippen LogP contribution in [0.15, 0.2) is 23.6 Å². The predicted octanol–water partition coefficient (Wildman–Crippen LogP) is 6.17. The summed E-state index contributed by atoms with van der Waals surface area (Å²) in [7, 11) is 1.59. The number of carbonyl (C=O) groups excluding carboxylic acids is 2. The maximum atomic E-state index is 13.4. The number of anilines is 1. The number of nitrogens with one attached hydrogen (secondary N) is 1. The van der Waals surface area contributed by atoms with Crippen molar-refractivity contribution in [2.75, 3.05) is 32.1 Å². The molecule has 1 saturated carbocycles. The van der Waals surface area contributed by atoms with Crippen LogP contribution in [-0.4, -0.2) is 59.6 Å². The molecule has 1 saturated heterocycles. The minimum absolute atomic E-state index is 0.0115. The Morgan fingerprint density at radius 2 is 2.03 bits per heavy atom. The summed E-state index contributed by atoms with van der Waals surface area (Å²) in [5.74, 6) is -0.0115. The highest BCUT2D eigenvalue weighted by molar-refractivity contribution is 7.09. The molecule has 1 N–H and O–H groups in total. The fraction of sp³-hybridized carbons (Fsp3) is 0.560. The molecule has 10 heteroatoms. The third kappa shape index (κ3) is 6.10. The number of hydrogen-bond acceptors (Lipinski definition) is 5. The normalized spacial score (nSPS) is 22.8. The van der Waals surface area contributed by atoms with Crippen LogP contribution in [0.25, 0.3) is 0 Å². The van der Waals surface area contributed by atoms with Crippen LogP contribution < -0.4 is 5.32 Å². The molecule has 2 heterocycles. The van der Waals surface area contributed by atoms with Crippen molar-refractivity contribution in [3.63, 3.8) is 0 Å². The largest absolute Gasteiger partial charge is 0.383 e. The molecule has 0 spiro atoms. The topological polar surface area (TPSA) is 74.8 Å². The van der Waals surface area contributed by atoms with Gasteiger partial charge in [-0.1, -0.05) is 44.0 Å². The number of carbonyl (C=O) groups is 2. The van der Waals surface area contributed by atoms with Crippen LogP contribution >= 0.6 is 34.5 Å². The van der Waals surface area contributed by atoms with Gasteiger partial charge >= 0.3 is 6.03 Å². The summed E-state index contributed by atoms with van der Waals surface area (Å²) >= 11 is 13.4. The lowest BCUT2D eigenvalue weighted by Crippen LogP contribution is -2.38. The van der Waals surface area contributed by atoms with Crippen LogP contribution in [0.3, 0.4) is 0 Å². The summed E-state index contributed by atoms with van der Waals surface area (Å²) in [6.07, 6.45) is 3.20. The van der Waals surface area contributed by atoms with Crippen LogP contribution in [0, 0.1) is 10.8 Å². The zero-order valence-electron chi connectivity index (χ0n) is 20.6. The lowest BCUT2D eigenvalue weighted by molar-refractivity contribution is 0.0703. The number of hydrogen-bond donors (Lipinski definition) is 1. The summed E-state index contributed by atoms with van der Waals surface area (Å²) in [6.45, 7) is 8.67. The van der Waals surface area contributed by atoms with Gasteiger partial charge in [0.15, 0.2) is 0 Å². The zero-order valence-corrected chi connectivity index (χ0v) is 22.9. The Balaban J connectivity index is 1.44. The molecular weight excluding hydrogens is 507 g/mol. The van der Waals surface area contributed by atoms with Crippen LogP contribution in [-0.2, 0) is 11.3 Å². The summed E-state index contributed by atoms with van der Waals surface area (Å²) in [5, 5.41) is 6.12. The molecule has 2 atom stereocenters. The molecule has 4 rings (SSSR count). The molecule has 1 aliphatic heterocycles. The van der Waals surface area contributed by atoms with E-state index < -0.39 is 0 Å². The number of ether oxygens (including phenoxy) is 1. The van der Waals surface area contributed by atoms with Gasteiger partial charge in [0, 0.05) is 37.3 Å². The number of urea groups is 1. The van der Waals surface area contributed by atoms with E-state index in [2.05, 4.69) is 31.1 Å². The van der Waals surface area contributed by atoms with Crippen molar-refractivity contribution < 1.29 is 14.3 Å². The Hall–Kier alpha value is -1.87. The van der Waals surface area contributed by atoms with Gasteiger partial charge in [0.1, 0.15) is 10.7 Å². The molecule has 35 heavy (non-hydrogen) atoms. The highest BCUT2D eigenvalue weighted by Crippen LogP contribution is 2.52. The smallest absolute Gasteiger partial charge is 0.322 e. The molecule has 2 fully saturated rings. The molecule has 190 valence electrons. The number of thiazole rings is 1. The average molecular weight is 540 g/mol. The van der Waals surface area contributed by atoms with Crippen LogP contribution in [0.1, 0.15) is 55.5 Å². The molecule has 2 aromatic rings. The van der Waals surface area contributed by atoms with E-state index in [9.17, 15) is 9.59 Å². The van der Waals surface area contributed by atoms with Gasteiger partial charge in [-0.25, -0.2) is 9.78 Å². The molecule has 0 radical (unpaired) electrons. The van der Waals surface area contributed by atoms with Crippen LogP contribution in [0.5, 0.6) is 0 Å². The highest BCUT2D eigenvalue weighted by Gasteiger charge is 2.51. The van der Waals surface area contributed by atoms with E-state index in [0.717, 1.165) is 25.8 Å². The third-order valence-electron chi connectivity index (χ3n) is 6.80. The number of aromatic nitrogens is 1. The minimum Gasteiger partial charge on any atom is -0.383 e. The van der Waals surface area contributed by atoms with Crippen LogP contribution in [0.4, 0.5) is 10.5 Å². The second-order valence-electron chi connectivity index (χ2n) is 10.7. The first kappa shape index (κ1) is 26.2. The van der Waals surface area contributed by atoms with Crippen molar-refractivity contribution in [2.24, 2.45) is 10.8 Å². The molecule has 7 nitrogen and oxygen atoms in total. The fourth-order valence-electron chi connectivity index (χ4n) is 5.72. The van der Waals surface area contributed by atoms with Crippen molar-refractivity contribution in [3.05, 3.63) is 44.3 Å². The van der Waals surface area contributed by atoms with E-state index in [1.54, 1.807) is 35.6 Å². The van der Waals surface area contributed by atoms with E-state index in [4.69, 9.17) is 27.9 Å². The lowest BCUT2D eigenvalue weighted by Gasteiger charge is -2.39. The van der Waals surface area contributed by atoms with Gasteiger partial charge in [-0.15, -0.1) is 11.3 Å². The average Bonchev–Trinajstić information content (AvgIpc) is 3.34. The van der Waals surface area contributed by atoms with Gasteiger partial charge in [0.2, 0.25) is 0 Å². The van der Waals surface area contributed by atoms with E-state index in [-0.39, 0.29) is 35.4 Å². The molecule has 1 aliphatic carbocycles. The highest BCUT2D eigenvalue weighted by atomic mass is 35.5. The van der Waals surface area contributed by atoms with E-state index in [1.165, 1.54) is 11.3 Å². The summed E-state index contributed by atoms with van der Waals surface area (Å²) < 4.78 is 5.18. The van der Waals surface area contributed by atoms with Crippen molar-refractivity contribution in [1.29, 1.82) is 0 Å². The first-order valence-electron chi connectivity index (χ1n) is 11.7. The van der Waals surface area contributed by atoms with Crippen molar-refractivity contribution >= 4 is 52.2 Å². The lowest BCUT2D eigenvalue weighted by atomic mass is 9.65. The number of methoxy groups -OCH3 is 1. The first-order chi connectivity index (χ1) is 16.5. The molecule has 1 aromatic heterocycles. The predicted molar refractivity (Wildman–Crippen MR) is 140 cm³/mol. The standard InChI is InChI=1S/C25H32Cl2N4O3S/c1-24(2)10-17-11-25(3,14-24)15-31(17)22(32)20-13-35-21(29-20)12-30(7-8-34-4)23(33)28-16-5-6-18(26)19(27)9-16/h5-6,9,13,17H,7-8,10-12,14-15H2,1-4H3,(H,28,33). The maximum Gasteiger partial charge on any atom is 0.322 e. The zero-order chi connectivity index (χ0) is 25.4. The van der Waals surface area contributed by atoms with E-state index >= 15 is 0 Å². The second-order valence-corrected chi connectivity index (χ2v) is 12.5.